The maximum atomic E-state index is 12.9. The molecule has 2 aromatic carbocycles. The molecule has 0 saturated heterocycles. The molecule has 2 heterocycles. The standard InChI is InChI=1S/C19H18N2O4/c22-10-12-7-16-15-3-1-2-4-17(15)20-18(16)9-21(12)19(25)11-5-13(23)8-14(24)6-11/h1-6,8,12,20,22-24H,7,9-10H2. The van der Waals surface area contributed by atoms with Crippen molar-refractivity contribution in [3.8, 4) is 11.5 Å². The van der Waals surface area contributed by atoms with Crippen molar-refractivity contribution < 1.29 is 20.1 Å². The molecular formula is C19H18N2O4. The maximum absolute atomic E-state index is 12.9. The van der Waals surface area contributed by atoms with Gasteiger partial charge < -0.3 is 25.2 Å². The van der Waals surface area contributed by atoms with Crippen LogP contribution in [0.4, 0.5) is 0 Å². The number of hydrogen-bond donors (Lipinski definition) is 4. The summed E-state index contributed by atoms with van der Waals surface area (Å²) in [5.41, 5.74) is 3.27. The molecule has 25 heavy (non-hydrogen) atoms. The predicted molar refractivity (Wildman–Crippen MR) is 92.5 cm³/mol. The van der Waals surface area contributed by atoms with E-state index in [1.165, 1.54) is 18.2 Å². The fourth-order valence-corrected chi connectivity index (χ4v) is 3.55. The van der Waals surface area contributed by atoms with Gasteiger partial charge in [0, 0.05) is 28.2 Å². The SMILES string of the molecule is O=C(c1cc(O)cc(O)c1)N1Cc2[nH]c3ccccc3c2CC1CO. The van der Waals surface area contributed by atoms with E-state index in [1.54, 1.807) is 4.90 Å². The van der Waals surface area contributed by atoms with Crippen LogP contribution >= 0.6 is 0 Å². The van der Waals surface area contributed by atoms with Crippen LogP contribution in [0.15, 0.2) is 42.5 Å². The summed E-state index contributed by atoms with van der Waals surface area (Å²) in [6.45, 7) is 0.181. The number of rotatable bonds is 2. The smallest absolute Gasteiger partial charge is 0.254 e. The number of aromatic hydroxyl groups is 2. The highest BCUT2D eigenvalue weighted by Gasteiger charge is 2.32. The first kappa shape index (κ1) is 15.5. The van der Waals surface area contributed by atoms with Gasteiger partial charge in [-0.15, -0.1) is 0 Å². The molecule has 1 unspecified atom stereocenters. The lowest BCUT2D eigenvalue weighted by Gasteiger charge is -2.34. The van der Waals surface area contributed by atoms with Gasteiger partial charge in [0.2, 0.25) is 0 Å². The van der Waals surface area contributed by atoms with E-state index >= 15 is 0 Å². The number of nitrogens with zero attached hydrogens (tertiary/aromatic N) is 1. The Kier molecular flexibility index (Phi) is 3.62. The Hall–Kier alpha value is -2.99. The summed E-state index contributed by atoms with van der Waals surface area (Å²) in [6.07, 6.45) is 0.548. The van der Waals surface area contributed by atoms with Gasteiger partial charge in [0.05, 0.1) is 19.2 Å². The molecule has 0 aliphatic carbocycles. The first-order chi connectivity index (χ1) is 12.1. The van der Waals surface area contributed by atoms with Gasteiger partial charge in [0.25, 0.3) is 5.91 Å². The molecule has 3 aromatic rings. The third kappa shape index (κ3) is 2.60. The minimum Gasteiger partial charge on any atom is -0.508 e. The topological polar surface area (TPSA) is 96.8 Å². The highest BCUT2D eigenvalue weighted by Crippen LogP contribution is 2.31. The summed E-state index contributed by atoms with van der Waals surface area (Å²) in [5.74, 6) is -0.686. The van der Waals surface area contributed by atoms with E-state index in [0.717, 1.165) is 22.2 Å². The van der Waals surface area contributed by atoms with Crippen molar-refractivity contribution in [3.05, 3.63) is 59.3 Å². The molecule has 0 saturated carbocycles. The van der Waals surface area contributed by atoms with Crippen molar-refractivity contribution in [1.82, 2.24) is 9.88 Å². The summed E-state index contributed by atoms with van der Waals surface area (Å²) in [5, 5.41) is 30.2. The van der Waals surface area contributed by atoms with E-state index in [0.29, 0.717) is 13.0 Å². The predicted octanol–water partition coefficient (Wildman–Crippen LogP) is 2.14. The monoisotopic (exact) mass is 338 g/mol. The van der Waals surface area contributed by atoms with Crippen molar-refractivity contribution in [2.75, 3.05) is 6.61 Å². The van der Waals surface area contributed by atoms with Crippen molar-refractivity contribution in [1.29, 1.82) is 0 Å². The van der Waals surface area contributed by atoms with Crippen LogP contribution in [0, 0.1) is 0 Å². The summed E-state index contributed by atoms with van der Waals surface area (Å²) < 4.78 is 0. The minimum atomic E-state index is -0.358. The minimum absolute atomic E-state index is 0.157. The number of phenolic OH excluding ortho intramolecular Hbond substituents is 2. The lowest BCUT2D eigenvalue weighted by atomic mass is 9.96. The van der Waals surface area contributed by atoms with Gasteiger partial charge in [-0.2, -0.15) is 0 Å². The number of nitrogens with one attached hydrogen (secondary N) is 1. The number of aliphatic hydroxyl groups is 1. The van der Waals surface area contributed by atoms with Crippen LogP contribution in [0.5, 0.6) is 11.5 Å². The fraction of sp³-hybridized carbons (Fsp3) is 0.211. The molecule has 0 radical (unpaired) electrons. The Morgan fingerprint density at radius 3 is 2.60 bits per heavy atom. The lowest BCUT2D eigenvalue weighted by molar-refractivity contribution is 0.0541. The summed E-state index contributed by atoms with van der Waals surface area (Å²) in [6, 6.07) is 11.4. The molecule has 1 aliphatic heterocycles. The number of aromatic amines is 1. The number of fused-ring (bicyclic) bond motifs is 3. The zero-order valence-electron chi connectivity index (χ0n) is 13.4. The van der Waals surface area contributed by atoms with Gasteiger partial charge in [-0.1, -0.05) is 18.2 Å². The number of aromatic nitrogens is 1. The second-order valence-corrected chi connectivity index (χ2v) is 6.34. The number of carbonyl (C=O) groups excluding carboxylic acids is 1. The van der Waals surface area contributed by atoms with Gasteiger partial charge in [-0.05, 0) is 30.2 Å². The first-order valence-corrected chi connectivity index (χ1v) is 8.10. The van der Waals surface area contributed by atoms with Crippen molar-refractivity contribution in [3.63, 3.8) is 0 Å². The Balaban J connectivity index is 1.73. The molecule has 1 amide bonds. The molecule has 1 aliphatic rings. The molecule has 128 valence electrons. The van der Waals surface area contributed by atoms with E-state index in [1.807, 2.05) is 24.3 Å². The van der Waals surface area contributed by atoms with Crippen molar-refractivity contribution in [2.24, 2.45) is 0 Å². The average Bonchev–Trinajstić information content (AvgIpc) is 2.96. The van der Waals surface area contributed by atoms with E-state index in [4.69, 9.17) is 0 Å². The highest BCUT2D eigenvalue weighted by molar-refractivity contribution is 5.96. The molecule has 6 nitrogen and oxygen atoms in total. The van der Waals surface area contributed by atoms with Gasteiger partial charge in [0.1, 0.15) is 11.5 Å². The van der Waals surface area contributed by atoms with Crippen molar-refractivity contribution in [2.45, 2.75) is 19.0 Å². The molecular weight excluding hydrogens is 320 g/mol. The maximum Gasteiger partial charge on any atom is 0.254 e. The molecule has 4 rings (SSSR count). The number of H-pyrrole nitrogens is 1. The van der Waals surface area contributed by atoms with Crippen molar-refractivity contribution >= 4 is 16.8 Å². The van der Waals surface area contributed by atoms with Crippen LogP contribution in [-0.4, -0.2) is 43.8 Å². The normalized spacial score (nSPS) is 16.8. The quantitative estimate of drug-likeness (QED) is 0.575. The lowest BCUT2D eigenvalue weighted by Crippen LogP contribution is -2.46. The first-order valence-electron chi connectivity index (χ1n) is 8.10. The van der Waals surface area contributed by atoms with E-state index in [2.05, 4.69) is 4.98 Å². The fourth-order valence-electron chi connectivity index (χ4n) is 3.55. The molecule has 1 atom stereocenters. The molecule has 0 spiro atoms. The van der Waals surface area contributed by atoms with Crippen LogP contribution in [0.2, 0.25) is 0 Å². The average molecular weight is 338 g/mol. The summed E-state index contributed by atoms with van der Waals surface area (Å²) >= 11 is 0. The highest BCUT2D eigenvalue weighted by atomic mass is 16.3. The zero-order chi connectivity index (χ0) is 17.6. The number of carbonyl (C=O) groups is 1. The number of hydrogen-bond acceptors (Lipinski definition) is 4. The van der Waals surface area contributed by atoms with Crippen LogP contribution in [0.25, 0.3) is 10.9 Å². The Morgan fingerprint density at radius 1 is 1.16 bits per heavy atom. The van der Waals surface area contributed by atoms with E-state index in [9.17, 15) is 20.1 Å². The zero-order valence-corrected chi connectivity index (χ0v) is 13.4. The molecule has 1 aromatic heterocycles. The summed E-state index contributed by atoms with van der Waals surface area (Å²) in [7, 11) is 0. The van der Waals surface area contributed by atoms with Crippen LogP contribution in [0.3, 0.4) is 0 Å². The van der Waals surface area contributed by atoms with Gasteiger partial charge in [-0.25, -0.2) is 0 Å². The largest absolute Gasteiger partial charge is 0.508 e. The third-order valence-electron chi connectivity index (χ3n) is 4.73. The number of para-hydroxylation sites is 1. The van der Waals surface area contributed by atoms with Gasteiger partial charge >= 0.3 is 0 Å². The van der Waals surface area contributed by atoms with E-state index in [-0.39, 0.29) is 35.6 Å². The Bertz CT molecular complexity index is 943. The van der Waals surface area contributed by atoms with E-state index < -0.39 is 0 Å². The van der Waals surface area contributed by atoms with Gasteiger partial charge in [-0.3, -0.25) is 4.79 Å². The molecule has 4 N–H and O–H groups in total. The second kappa shape index (κ2) is 5.82. The summed E-state index contributed by atoms with van der Waals surface area (Å²) in [4.78, 5) is 17.8. The number of benzene rings is 2. The number of aliphatic hydroxyl groups excluding tert-OH is 1. The number of phenols is 2. The third-order valence-corrected chi connectivity index (χ3v) is 4.73. The Labute approximate surface area is 144 Å². The van der Waals surface area contributed by atoms with Crippen LogP contribution in [0.1, 0.15) is 21.6 Å². The second-order valence-electron chi connectivity index (χ2n) is 6.34. The van der Waals surface area contributed by atoms with Gasteiger partial charge in [0.15, 0.2) is 0 Å². The van der Waals surface area contributed by atoms with Crippen LogP contribution in [-0.2, 0) is 13.0 Å². The molecule has 0 bridgehead atoms. The molecule has 0 fully saturated rings. The number of amides is 1. The Morgan fingerprint density at radius 2 is 1.88 bits per heavy atom. The van der Waals surface area contributed by atoms with Crippen LogP contribution < -0.4 is 0 Å². The molecule has 6 heteroatoms.